The third-order valence-electron chi connectivity index (χ3n) is 2.79. The Hall–Kier alpha value is -1.56. The summed E-state index contributed by atoms with van der Waals surface area (Å²) in [4.78, 5) is 13.4. The standard InChI is InChI=1S/C13H17F3N2O/c1-9(7-17)8-18(2)12(19)10-3-5-11(6-4-10)13(14,15)16/h3-6,9H,7-8,17H2,1-2H3. The monoisotopic (exact) mass is 274 g/mol. The molecule has 106 valence electrons. The zero-order valence-corrected chi connectivity index (χ0v) is 10.9. The van der Waals surface area contributed by atoms with Gasteiger partial charge in [0.1, 0.15) is 0 Å². The van der Waals surface area contributed by atoms with E-state index in [1.807, 2.05) is 6.92 Å². The van der Waals surface area contributed by atoms with Crippen LogP contribution in [0.1, 0.15) is 22.8 Å². The number of nitrogens with two attached hydrogens (primary N) is 1. The second-order valence-corrected chi connectivity index (χ2v) is 4.60. The fourth-order valence-corrected chi connectivity index (χ4v) is 1.65. The molecule has 0 aliphatic carbocycles. The number of alkyl halides is 3. The Morgan fingerprint density at radius 3 is 2.26 bits per heavy atom. The number of halogens is 3. The third kappa shape index (κ3) is 4.24. The van der Waals surface area contributed by atoms with Crippen molar-refractivity contribution in [2.75, 3.05) is 20.1 Å². The molecule has 0 aliphatic heterocycles. The molecule has 1 aromatic carbocycles. The van der Waals surface area contributed by atoms with Crippen molar-refractivity contribution < 1.29 is 18.0 Å². The minimum atomic E-state index is -4.39. The molecule has 0 bridgehead atoms. The summed E-state index contributed by atoms with van der Waals surface area (Å²) < 4.78 is 37.2. The first kappa shape index (κ1) is 15.5. The number of hydrogen-bond donors (Lipinski definition) is 1. The Morgan fingerprint density at radius 1 is 1.32 bits per heavy atom. The van der Waals surface area contributed by atoms with Crippen LogP contribution < -0.4 is 5.73 Å². The Balaban J connectivity index is 2.78. The first-order valence-electron chi connectivity index (χ1n) is 5.88. The predicted molar refractivity (Wildman–Crippen MR) is 66.6 cm³/mol. The molecule has 0 saturated carbocycles. The smallest absolute Gasteiger partial charge is 0.341 e. The quantitative estimate of drug-likeness (QED) is 0.916. The average Bonchev–Trinajstić information content (AvgIpc) is 2.36. The highest BCUT2D eigenvalue weighted by atomic mass is 19.4. The van der Waals surface area contributed by atoms with Crippen LogP contribution >= 0.6 is 0 Å². The molecule has 1 aromatic rings. The van der Waals surface area contributed by atoms with Crippen molar-refractivity contribution in [3.8, 4) is 0 Å². The van der Waals surface area contributed by atoms with Gasteiger partial charge in [-0.25, -0.2) is 0 Å². The Bertz CT molecular complexity index is 429. The zero-order chi connectivity index (χ0) is 14.6. The maximum absolute atomic E-state index is 12.4. The maximum Gasteiger partial charge on any atom is 0.416 e. The second kappa shape index (κ2) is 6.06. The molecule has 0 aromatic heterocycles. The molecular formula is C13H17F3N2O. The van der Waals surface area contributed by atoms with Gasteiger partial charge >= 0.3 is 6.18 Å². The van der Waals surface area contributed by atoms with E-state index in [0.29, 0.717) is 13.1 Å². The lowest BCUT2D eigenvalue weighted by Gasteiger charge is -2.21. The van der Waals surface area contributed by atoms with Gasteiger partial charge in [0.25, 0.3) is 5.91 Å². The van der Waals surface area contributed by atoms with Gasteiger partial charge in [-0.2, -0.15) is 13.2 Å². The van der Waals surface area contributed by atoms with Gasteiger partial charge < -0.3 is 10.6 Å². The number of benzene rings is 1. The fraction of sp³-hybridized carbons (Fsp3) is 0.462. The lowest BCUT2D eigenvalue weighted by molar-refractivity contribution is -0.137. The van der Waals surface area contributed by atoms with Crippen LogP contribution in [0.2, 0.25) is 0 Å². The molecule has 1 atom stereocenters. The van der Waals surface area contributed by atoms with Crippen LogP contribution in [0.15, 0.2) is 24.3 Å². The van der Waals surface area contributed by atoms with E-state index in [4.69, 9.17) is 5.73 Å². The van der Waals surface area contributed by atoms with Gasteiger partial charge in [0, 0.05) is 19.2 Å². The number of amides is 1. The van der Waals surface area contributed by atoms with Gasteiger partial charge in [-0.3, -0.25) is 4.79 Å². The summed E-state index contributed by atoms with van der Waals surface area (Å²) in [6, 6.07) is 4.20. The van der Waals surface area contributed by atoms with E-state index in [1.165, 1.54) is 17.0 Å². The van der Waals surface area contributed by atoms with Crippen molar-refractivity contribution >= 4 is 5.91 Å². The molecule has 0 radical (unpaired) electrons. The van der Waals surface area contributed by atoms with E-state index in [1.54, 1.807) is 7.05 Å². The van der Waals surface area contributed by atoms with Gasteiger partial charge in [0.15, 0.2) is 0 Å². The number of rotatable bonds is 4. The van der Waals surface area contributed by atoms with Gasteiger partial charge in [-0.1, -0.05) is 6.92 Å². The minimum absolute atomic E-state index is 0.142. The first-order valence-corrected chi connectivity index (χ1v) is 5.88. The summed E-state index contributed by atoms with van der Waals surface area (Å²) in [7, 11) is 1.60. The van der Waals surface area contributed by atoms with E-state index in [9.17, 15) is 18.0 Å². The molecule has 0 spiro atoms. The van der Waals surface area contributed by atoms with Crippen LogP contribution in [-0.2, 0) is 6.18 Å². The number of carbonyl (C=O) groups excluding carboxylic acids is 1. The third-order valence-corrected chi connectivity index (χ3v) is 2.79. The summed E-state index contributed by atoms with van der Waals surface area (Å²) in [6.07, 6.45) is -4.39. The number of carbonyl (C=O) groups is 1. The van der Waals surface area contributed by atoms with E-state index in [2.05, 4.69) is 0 Å². The molecule has 0 aliphatic rings. The molecule has 1 unspecified atom stereocenters. The highest BCUT2D eigenvalue weighted by molar-refractivity contribution is 5.94. The molecule has 0 saturated heterocycles. The number of hydrogen-bond acceptors (Lipinski definition) is 2. The molecule has 19 heavy (non-hydrogen) atoms. The lowest BCUT2D eigenvalue weighted by atomic mass is 10.1. The maximum atomic E-state index is 12.4. The molecular weight excluding hydrogens is 257 g/mol. The Morgan fingerprint density at radius 2 is 1.84 bits per heavy atom. The highest BCUT2D eigenvalue weighted by Gasteiger charge is 2.30. The SMILES string of the molecule is CC(CN)CN(C)C(=O)c1ccc(C(F)(F)F)cc1. The topological polar surface area (TPSA) is 46.3 Å². The molecule has 6 heteroatoms. The van der Waals surface area contributed by atoms with Gasteiger partial charge in [-0.15, -0.1) is 0 Å². The highest BCUT2D eigenvalue weighted by Crippen LogP contribution is 2.29. The van der Waals surface area contributed by atoms with E-state index in [-0.39, 0.29) is 17.4 Å². The van der Waals surface area contributed by atoms with Crippen LogP contribution in [0.5, 0.6) is 0 Å². The van der Waals surface area contributed by atoms with Crippen LogP contribution in [0.4, 0.5) is 13.2 Å². The summed E-state index contributed by atoms with van der Waals surface area (Å²) in [5, 5.41) is 0. The van der Waals surface area contributed by atoms with Crippen LogP contribution in [0.3, 0.4) is 0 Å². The van der Waals surface area contributed by atoms with Gasteiger partial charge in [0.05, 0.1) is 5.56 Å². The van der Waals surface area contributed by atoms with Crippen molar-refractivity contribution in [3.63, 3.8) is 0 Å². The van der Waals surface area contributed by atoms with Crippen molar-refractivity contribution in [2.24, 2.45) is 11.7 Å². The van der Waals surface area contributed by atoms with Crippen molar-refractivity contribution in [1.82, 2.24) is 4.90 Å². The van der Waals surface area contributed by atoms with Gasteiger partial charge in [0.2, 0.25) is 0 Å². The lowest BCUT2D eigenvalue weighted by Crippen LogP contribution is -2.33. The molecule has 2 N–H and O–H groups in total. The average molecular weight is 274 g/mol. The Labute approximate surface area is 110 Å². The second-order valence-electron chi connectivity index (χ2n) is 4.60. The molecule has 1 rings (SSSR count). The molecule has 1 amide bonds. The fourth-order valence-electron chi connectivity index (χ4n) is 1.65. The van der Waals surface area contributed by atoms with E-state index >= 15 is 0 Å². The van der Waals surface area contributed by atoms with E-state index < -0.39 is 11.7 Å². The van der Waals surface area contributed by atoms with Crippen LogP contribution in [0.25, 0.3) is 0 Å². The van der Waals surface area contributed by atoms with Crippen molar-refractivity contribution in [1.29, 1.82) is 0 Å². The minimum Gasteiger partial charge on any atom is -0.341 e. The molecule has 0 heterocycles. The summed E-state index contributed by atoms with van der Waals surface area (Å²) in [5.41, 5.74) is 4.94. The van der Waals surface area contributed by atoms with E-state index in [0.717, 1.165) is 12.1 Å². The first-order chi connectivity index (χ1) is 8.75. The molecule has 3 nitrogen and oxygen atoms in total. The Kier molecular flexibility index (Phi) is 4.94. The zero-order valence-electron chi connectivity index (χ0n) is 10.9. The normalized spacial score (nSPS) is 13.2. The van der Waals surface area contributed by atoms with Gasteiger partial charge in [-0.05, 0) is 36.7 Å². The largest absolute Gasteiger partial charge is 0.416 e. The van der Waals surface area contributed by atoms with Crippen molar-refractivity contribution in [3.05, 3.63) is 35.4 Å². The van der Waals surface area contributed by atoms with Crippen LogP contribution in [-0.4, -0.2) is 30.9 Å². The summed E-state index contributed by atoms with van der Waals surface area (Å²) >= 11 is 0. The predicted octanol–water partition coefficient (Wildman–Crippen LogP) is 2.37. The van der Waals surface area contributed by atoms with Crippen LogP contribution in [0, 0.1) is 5.92 Å². The van der Waals surface area contributed by atoms with Crippen molar-refractivity contribution in [2.45, 2.75) is 13.1 Å². The molecule has 0 fully saturated rings. The summed E-state index contributed by atoms with van der Waals surface area (Å²) in [6.45, 7) is 2.82. The number of nitrogens with zero attached hydrogens (tertiary/aromatic N) is 1. The summed E-state index contributed by atoms with van der Waals surface area (Å²) in [5.74, 6) is -0.169.